The van der Waals surface area contributed by atoms with Crippen LogP contribution in [0.15, 0.2) is 24.3 Å². The quantitative estimate of drug-likeness (QED) is 0.870. The maximum Gasteiger partial charge on any atom is 0.387 e. The summed E-state index contributed by atoms with van der Waals surface area (Å²) < 4.78 is 29.1. The molecule has 4 nitrogen and oxygen atoms in total. The summed E-state index contributed by atoms with van der Waals surface area (Å²) in [5, 5.41) is 6.11. The lowest BCUT2D eigenvalue weighted by Gasteiger charge is -2.34. The van der Waals surface area contributed by atoms with Gasteiger partial charge in [-0.3, -0.25) is 4.79 Å². The zero-order valence-electron chi connectivity index (χ0n) is 12.4. The van der Waals surface area contributed by atoms with E-state index in [0.717, 1.165) is 25.9 Å². The number of rotatable bonds is 5. The van der Waals surface area contributed by atoms with E-state index in [1.54, 1.807) is 12.1 Å². The second-order valence-corrected chi connectivity index (χ2v) is 5.62. The monoisotopic (exact) mass is 334 g/mol. The summed E-state index contributed by atoms with van der Waals surface area (Å²) in [6.45, 7) is 1.56. The number of ether oxygens (including phenoxy) is 1. The largest absolute Gasteiger partial charge is 0.434 e. The average Bonchev–Trinajstić information content (AvgIpc) is 2.46. The van der Waals surface area contributed by atoms with Crippen LogP contribution in [0.25, 0.3) is 0 Å². The predicted octanol–water partition coefficient (Wildman–Crippen LogP) is 2.83. The van der Waals surface area contributed by atoms with Gasteiger partial charge in [0.25, 0.3) is 5.91 Å². The van der Waals surface area contributed by atoms with Crippen LogP contribution in [0.3, 0.4) is 0 Å². The standard InChI is InChI=1S/C15H20F2N2O2.ClH/c1-15(6-8-18-9-7-15)10-19-13(20)11-4-2-3-5-12(11)21-14(16)17;/h2-5,14,18H,6-10H2,1H3,(H,19,20);1H. The Bertz CT molecular complexity index is 494. The van der Waals surface area contributed by atoms with Crippen molar-refractivity contribution in [3.05, 3.63) is 29.8 Å². The fraction of sp³-hybridized carbons (Fsp3) is 0.533. The van der Waals surface area contributed by atoms with Gasteiger partial charge in [-0.05, 0) is 43.5 Å². The summed E-state index contributed by atoms with van der Waals surface area (Å²) in [4.78, 5) is 12.2. The minimum absolute atomic E-state index is 0. The lowest BCUT2D eigenvalue weighted by Crippen LogP contribution is -2.43. The first-order chi connectivity index (χ1) is 10.0. The highest BCUT2D eigenvalue weighted by molar-refractivity contribution is 5.96. The van der Waals surface area contributed by atoms with E-state index < -0.39 is 6.61 Å². The zero-order valence-corrected chi connectivity index (χ0v) is 13.2. The Morgan fingerprint density at radius 3 is 2.64 bits per heavy atom. The Labute approximate surface area is 135 Å². The normalized spacial score (nSPS) is 16.7. The van der Waals surface area contributed by atoms with Crippen molar-refractivity contribution < 1.29 is 18.3 Å². The average molecular weight is 335 g/mol. The predicted molar refractivity (Wildman–Crippen MR) is 82.9 cm³/mol. The van der Waals surface area contributed by atoms with Crippen LogP contribution < -0.4 is 15.4 Å². The van der Waals surface area contributed by atoms with Crippen molar-refractivity contribution in [2.24, 2.45) is 5.41 Å². The molecule has 2 N–H and O–H groups in total. The third-order valence-electron chi connectivity index (χ3n) is 3.83. The van der Waals surface area contributed by atoms with Gasteiger partial charge in [-0.25, -0.2) is 0 Å². The summed E-state index contributed by atoms with van der Waals surface area (Å²) in [6, 6.07) is 6.03. The molecule has 1 aromatic rings. The summed E-state index contributed by atoms with van der Waals surface area (Å²) in [5.74, 6) is -0.480. The molecule has 0 saturated carbocycles. The highest BCUT2D eigenvalue weighted by atomic mass is 35.5. The van der Waals surface area contributed by atoms with E-state index >= 15 is 0 Å². The summed E-state index contributed by atoms with van der Waals surface area (Å²) in [5.41, 5.74) is 0.176. The fourth-order valence-corrected chi connectivity index (χ4v) is 2.45. The molecular weight excluding hydrogens is 314 g/mol. The number of alkyl halides is 2. The Kier molecular flexibility index (Phi) is 7.03. The van der Waals surface area contributed by atoms with Gasteiger partial charge < -0.3 is 15.4 Å². The summed E-state index contributed by atoms with van der Waals surface area (Å²) in [6.07, 6.45) is 1.95. The van der Waals surface area contributed by atoms with Gasteiger partial charge in [-0.15, -0.1) is 12.4 Å². The SMILES string of the molecule is CC1(CNC(=O)c2ccccc2OC(F)F)CCNCC1.Cl. The molecule has 124 valence electrons. The zero-order chi connectivity index (χ0) is 15.3. The topological polar surface area (TPSA) is 50.4 Å². The highest BCUT2D eigenvalue weighted by Crippen LogP contribution is 2.27. The van der Waals surface area contributed by atoms with Gasteiger partial charge in [-0.2, -0.15) is 8.78 Å². The van der Waals surface area contributed by atoms with E-state index in [1.807, 2.05) is 0 Å². The van der Waals surface area contributed by atoms with E-state index in [4.69, 9.17) is 0 Å². The number of benzene rings is 1. The second kappa shape index (κ2) is 8.29. The number of amides is 1. The van der Waals surface area contributed by atoms with Gasteiger partial charge in [0, 0.05) is 6.54 Å². The van der Waals surface area contributed by atoms with Crippen LogP contribution in [-0.4, -0.2) is 32.2 Å². The van der Waals surface area contributed by atoms with Crippen molar-refractivity contribution in [1.29, 1.82) is 0 Å². The Morgan fingerprint density at radius 1 is 1.36 bits per heavy atom. The number of carbonyl (C=O) groups excluding carboxylic acids is 1. The van der Waals surface area contributed by atoms with Gasteiger partial charge in [0.15, 0.2) is 0 Å². The van der Waals surface area contributed by atoms with Crippen LogP contribution in [0.4, 0.5) is 8.78 Å². The number of hydrogen-bond acceptors (Lipinski definition) is 3. The molecule has 1 aromatic carbocycles. The van der Waals surface area contributed by atoms with E-state index in [-0.39, 0.29) is 35.0 Å². The number of piperidine rings is 1. The van der Waals surface area contributed by atoms with E-state index in [2.05, 4.69) is 22.3 Å². The molecule has 2 rings (SSSR count). The molecule has 0 spiro atoms. The second-order valence-electron chi connectivity index (χ2n) is 5.62. The van der Waals surface area contributed by atoms with Crippen molar-refractivity contribution in [2.45, 2.75) is 26.4 Å². The molecule has 0 bridgehead atoms. The lowest BCUT2D eigenvalue weighted by molar-refractivity contribution is -0.0501. The molecule has 1 saturated heterocycles. The Balaban J connectivity index is 0.00000242. The minimum atomic E-state index is -2.94. The van der Waals surface area contributed by atoms with Gasteiger partial charge in [0.2, 0.25) is 0 Å². The number of nitrogens with one attached hydrogen (secondary N) is 2. The van der Waals surface area contributed by atoms with Crippen LogP contribution >= 0.6 is 12.4 Å². The fourth-order valence-electron chi connectivity index (χ4n) is 2.45. The smallest absolute Gasteiger partial charge is 0.387 e. The summed E-state index contributed by atoms with van der Waals surface area (Å²) in [7, 11) is 0. The molecule has 1 aliphatic rings. The van der Waals surface area contributed by atoms with E-state index in [0.29, 0.717) is 6.54 Å². The first kappa shape index (κ1) is 18.6. The maximum absolute atomic E-state index is 12.3. The molecule has 1 aliphatic heterocycles. The van der Waals surface area contributed by atoms with Crippen molar-refractivity contribution in [3.8, 4) is 5.75 Å². The number of para-hydroxylation sites is 1. The molecule has 0 unspecified atom stereocenters. The summed E-state index contributed by atoms with van der Waals surface area (Å²) >= 11 is 0. The third kappa shape index (κ3) is 5.10. The van der Waals surface area contributed by atoms with Gasteiger partial charge in [-0.1, -0.05) is 19.1 Å². The van der Waals surface area contributed by atoms with E-state index in [1.165, 1.54) is 12.1 Å². The Hall–Kier alpha value is -1.40. The van der Waals surface area contributed by atoms with Crippen molar-refractivity contribution in [3.63, 3.8) is 0 Å². The molecule has 22 heavy (non-hydrogen) atoms. The van der Waals surface area contributed by atoms with Gasteiger partial charge in [0.05, 0.1) is 5.56 Å². The molecule has 1 amide bonds. The van der Waals surface area contributed by atoms with Crippen LogP contribution in [0.2, 0.25) is 0 Å². The molecular formula is C15H21ClF2N2O2. The molecule has 1 heterocycles. The molecule has 7 heteroatoms. The lowest BCUT2D eigenvalue weighted by atomic mass is 9.81. The first-order valence-corrected chi connectivity index (χ1v) is 7.03. The highest BCUT2D eigenvalue weighted by Gasteiger charge is 2.27. The Morgan fingerprint density at radius 2 is 2.00 bits per heavy atom. The maximum atomic E-state index is 12.3. The van der Waals surface area contributed by atoms with Crippen molar-refractivity contribution in [1.82, 2.24) is 10.6 Å². The van der Waals surface area contributed by atoms with Crippen LogP contribution in [0, 0.1) is 5.41 Å². The molecule has 0 aliphatic carbocycles. The third-order valence-corrected chi connectivity index (χ3v) is 3.83. The van der Waals surface area contributed by atoms with Crippen LogP contribution in [0.1, 0.15) is 30.1 Å². The minimum Gasteiger partial charge on any atom is -0.434 e. The number of carbonyl (C=O) groups is 1. The first-order valence-electron chi connectivity index (χ1n) is 7.03. The number of halogens is 3. The van der Waals surface area contributed by atoms with Crippen LogP contribution in [0.5, 0.6) is 5.75 Å². The van der Waals surface area contributed by atoms with Crippen molar-refractivity contribution >= 4 is 18.3 Å². The molecule has 1 fully saturated rings. The molecule has 0 atom stereocenters. The van der Waals surface area contributed by atoms with Gasteiger partial charge >= 0.3 is 6.61 Å². The van der Waals surface area contributed by atoms with Crippen LogP contribution in [-0.2, 0) is 0 Å². The molecule has 0 radical (unpaired) electrons. The van der Waals surface area contributed by atoms with E-state index in [9.17, 15) is 13.6 Å². The molecule has 0 aromatic heterocycles. The van der Waals surface area contributed by atoms with Gasteiger partial charge in [0.1, 0.15) is 5.75 Å². The number of hydrogen-bond donors (Lipinski definition) is 2. The van der Waals surface area contributed by atoms with Crippen molar-refractivity contribution in [2.75, 3.05) is 19.6 Å².